The van der Waals surface area contributed by atoms with E-state index >= 15 is 0 Å². The Morgan fingerprint density at radius 2 is 2.31 bits per heavy atom. The molecule has 3 nitrogen and oxygen atoms in total. The smallest absolute Gasteiger partial charge is 0.302 e. The van der Waals surface area contributed by atoms with E-state index in [1.165, 1.54) is 6.92 Å². The highest BCUT2D eigenvalue weighted by Crippen LogP contribution is 2.24. The summed E-state index contributed by atoms with van der Waals surface area (Å²) >= 11 is 9.19. The van der Waals surface area contributed by atoms with Crippen LogP contribution in [0.25, 0.3) is 0 Å². The first-order valence-corrected chi connectivity index (χ1v) is 6.03. The van der Waals surface area contributed by atoms with E-state index in [2.05, 4.69) is 15.9 Å². The van der Waals surface area contributed by atoms with Gasteiger partial charge in [0.25, 0.3) is 0 Å². The summed E-state index contributed by atoms with van der Waals surface area (Å²) in [5, 5.41) is 10.1. The van der Waals surface area contributed by atoms with Crippen LogP contribution in [0.2, 0.25) is 5.02 Å². The molecular weight excluding hydrogens is 295 g/mol. The largest absolute Gasteiger partial charge is 0.508 e. The van der Waals surface area contributed by atoms with E-state index in [0.29, 0.717) is 11.4 Å². The molecule has 1 rings (SSSR count). The maximum absolute atomic E-state index is 10.6. The minimum atomic E-state index is -0.320. The van der Waals surface area contributed by atoms with Crippen LogP contribution in [0.3, 0.4) is 0 Å². The monoisotopic (exact) mass is 306 g/mol. The van der Waals surface area contributed by atoms with Crippen LogP contribution in [0, 0.1) is 0 Å². The van der Waals surface area contributed by atoms with Crippen molar-refractivity contribution in [2.45, 2.75) is 18.2 Å². The number of benzene rings is 1. The van der Waals surface area contributed by atoms with Crippen LogP contribution in [0.1, 0.15) is 12.5 Å². The van der Waals surface area contributed by atoms with Crippen molar-refractivity contribution >= 4 is 33.5 Å². The summed E-state index contributed by atoms with van der Waals surface area (Å²) in [4.78, 5) is 10.6. The number of esters is 1. The third-order valence-corrected chi connectivity index (χ3v) is 2.77. The number of alkyl halides is 1. The number of rotatable bonds is 4. The molecule has 0 fully saturated rings. The normalized spacial score (nSPS) is 12.2. The summed E-state index contributed by atoms with van der Waals surface area (Å²) in [5.41, 5.74) is 0.724. The van der Waals surface area contributed by atoms with E-state index < -0.39 is 0 Å². The first kappa shape index (κ1) is 13.3. The zero-order chi connectivity index (χ0) is 12.1. The fraction of sp³-hybridized carbons (Fsp3) is 0.364. The molecule has 0 radical (unpaired) electrons. The van der Waals surface area contributed by atoms with Crippen molar-refractivity contribution in [3.63, 3.8) is 0 Å². The quantitative estimate of drug-likeness (QED) is 0.687. The van der Waals surface area contributed by atoms with E-state index in [1.807, 2.05) is 0 Å². The van der Waals surface area contributed by atoms with Gasteiger partial charge in [-0.25, -0.2) is 0 Å². The van der Waals surface area contributed by atoms with Crippen molar-refractivity contribution in [1.82, 2.24) is 0 Å². The third-order valence-electron chi connectivity index (χ3n) is 1.95. The standard InChI is InChI=1S/C11H12BrClO3/c1-7(14)16-6-9(12)4-8-5-10(13)2-3-11(8)15/h2-3,5,9,15H,4,6H2,1H3/t9-/m1/s1. The lowest BCUT2D eigenvalue weighted by Gasteiger charge is -2.11. The van der Waals surface area contributed by atoms with Gasteiger partial charge in [0.05, 0.1) is 4.83 Å². The maximum atomic E-state index is 10.6. The minimum Gasteiger partial charge on any atom is -0.508 e. The highest BCUT2D eigenvalue weighted by atomic mass is 79.9. The molecule has 0 aliphatic carbocycles. The van der Waals surface area contributed by atoms with Crippen LogP contribution in [0.5, 0.6) is 5.75 Å². The molecule has 0 saturated heterocycles. The Morgan fingerprint density at radius 1 is 1.62 bits per heavy atom. The highest BCUT2D eigenvalue weighted by Gasteiger charge is 2.11. The molecule has 1 aromatic carbocycles. The van der Waals surface area contributed by atoms with Crippen molar-refractivity contribution in [2.75, 3.05) is 6.61 Å². The molecule has 88 valence electrons. The number of carbonyl (C=O) groups is 1. The van der Waals surface area contributed by atoms with Crippen LogP contribution < -0.4 is 0 Å². The number of phenolic OH excluding ortho intramolecular Hbond substituents is 1. The Bertz CT molecular complexity index is 381. The van der Waals surface area contributed by atoms with Crippen LogP contribution in [0.15, 0.2) is 18.2 Å². The molecule has 0 bridgehead atoms. The van der Waals surface area contributed by atoms with Gasteiger partial charge in [0.2, 0.25) is 0 Å². The average Bonchev–Trinajstić information content (AvgIpc) is 2.20. The fourth-order valence-electron chi connectivity index (χ4n) is 1.22. The van der Waals surface area contributed by atoms with E-state index in [0.717, 1.165) is 5.56 Å². The Kier molecular flexibility index (Phi) is 5.09. The maximum Gasteiger partial charge on any atom is 0.302 e. The SMILES string of the molecule is CC(=O)OC[C@H](Br)Cc1cc(Cl)ccc1O. The molecule has 5 heteroatoms. The lowest BCUT2D eigenvalue weighted by atomic mass is 10.1. The number of ether oxygens (including phenoxy) is 1. The molecule has 0 unspecified atom stereocenters. The molecule has 16 heavy (non-hydrogen) atoms. The summed E-state index contributed by atoms with van der Waals surface area (Å²) in [6, 6.07) is 4.86. The number of hydrogen-bond donors (Lipinski definition) is 1. The van der Waals surface area contributed by atoms with Crippen LogP contribution in [-0.4, -0.2) is 22.5 Å². The Balaban J connectivity index is 2.58. The summed E-state index contributed by atoms with van der Waals surface area (Å²) in [6.45, 7) is 1.62. The predicted molar refractivity (Wildman–Crippen MR) is 66.2 cm³/mol. The van der Waals surface area contributed by atoms with Crippen molar-refractivity contribution in [2.24, 2.45) is 0 Å². The lowest BCUT2D eigenvalue weighted by Crippen LogP contribution is -2.14. The van der Waals surface area contributed by atoms with Crippen LogP contribution in [-0.2, 0) is 16.0 Å². The molecule has 0 spiro atoms. The average molecular weight is 308 g/mol. The van der Waals surface area contributed by atoms with Gasteiger partial charge in [-0.15, -0.1) is 0 Å². The zero-order valence-corrected chi connectivity index (χ0v) is 11.1. The van der Waals surface area contributed by atoms with Crippen molar-refractivity contribution in [3.8, 4) is 5.75 Å². The summed E-state index contributed by atoms with van der Waals surface area (Å²) in [5.74, 6) is -0.128. The van der Waals surface area contributed by atoms with Gasteiger partial charge in [-0.2, -0.15) is 0 Å². The van der Waals surface area contributed by atoms with Gasteiger partial charge in [0.15, 0.2) is 0 Å². The summed E-state index contributed by atoms with van der Waals surface area (Å²) in [6.07, 6.45) is 0.541. The first-order chi connectivity index (χ1) is 7.49. The Hall–Kier alpha value is -0.740. The highest BCUT2D eigenvalue weighted by molar-refractivity contribution is 9.09. The Labute approximate surface area is 107 Å². The minimum absolute atomic E-state index is 0.0410. The number of carbonyl (C=O) groups excluding carboxylic acids is 1. The predicted octanol–water partition coefficient (Wildman–Crippen LogP) is 2.91. The molecular formula is C11H12BrClO3. The molecule has 0 saturated carbocycles. The topological polar surface area (TPSA) is 46.5 Å². The van der Waals surface area contributed by atoms with Gasteiger partial charge in [-0.3, -0.25) is 4.79 Å². The molecule has 1 aromatic rings. The fourth-order valence-corrected chi connectivity index (χ4v) is 1.90. The lowest BCUT2D eigenvalue weighted by molar-refractivity contribution is -0.140. The van der Waals surface area contributed by atoms with Gasteiger partial charge < -0.3 is 9.84 Å². The van der Waals surface area contributed by atoms with Crippen LogP contribution >= 0.6 is 27.5 Å². The number of phenols is 1. The van der Waals surface area contributed by atoms with Crippen molar-refractivity contribution < 1.29 is 14.6 Å². The Morgan fingerprint density at radius 3 is 2.94 bits per heavy atom. The second-order valence-corrected chi connectivity index (χ2v) is 5.11. The molecule has 1 atom stereocenters. The second-order valence-electron chi connectivity index (χ2n) is 3.38. The van der Waals surface area contributed by atoms with Gasteiger partial charge in [-0.1, -0.05) is 27.5 Å². The number of aromatic hydroxyl groups is 1. The molecule has 0 aromatic heterocycles. The summed E-state index contributed by atoms with van der Waals surface area (Å²) in [7, 11) is 0. The second kappa shape index (κ2) is 6.11. The molecule has 0 aliphatic heterocycles. The molecule has 0 amide bonds. The van der Waals surface area contributed by atoms with Crippen molar-refractivity contribution in [1.29, 1.82) is 0 Å². The van der Waals surface area contributed by atoms with Crippen molar-refractivity contribution in [3.05, 3.63) is 28.8 Å². The number of hydrogen-bond acceptors (Lipinski definition) is 3. The first-order valence-electron chi connectivity index (χ1n) is 4.74. The van der Waals surface area contributed by atoms with E-state index in [9.17, 15) is 9.90 Å². The molecule has 0 aliphatic rings. The van der Waals surface area contributed by atoms with Gasteiger partial charge >= 0.3 is 5.97 Å². The van der Waals surface area contributed by atoms with E-state index in [4.69, 9.17) is 16.3 Å². The van der Waals surface area contributed by atoms with Gasteiger partial charge in [0.1, 0.15) is 12.4 Å². The third kappa shape index (κ3) is 4.41. The van der Waals surface area contributed by atoms with E-state index in [-0.39, 0.29) is 23.2 Å². The molecule has 1 N–H and O–H groups in total. The van der Waals surface area contributed by atoms with Crippen LogP contribution in [0.4, 0.5) is 0 Å². The number of halogens is 2. The van der Waals surface area contributed by atoms with Gasteiger partial charge in [0, 0.05) is 11.9 Å². The van der Waals surface area contributed by atoms with E-state index in [1.54, 1.807) is 18.2 Å². The zero-order valence-electron chi connectivity index (χ0n) is 8.74. The summed E-state index contributed by atoms with van der Waals surface area (Å²) < 4.78 is 4.85. The van der Waals surface area contributed by atoms with Gasteiger partial charge in [-0.05, 0) is 30.2 Å². The molecule has 0 heterocycles.